The van der Waals surface area contributed by atoms with Gasteiger partial charge in [0.15, 0.2) is 0 Å². The first-order valence-electron chi connectivity index (χ1n) is 7.73. The highest BCUT2D eigenvalue weighted by Gasteiger charge is 2.45. The minimum atomic E-state index is -3.04. The SMILES string of the molecule is CS(=O)(=O)C1CC2CCC(C1)N2C(=O)CSc1ccc(F)cc1. The fourth-order valence-electron chi connectivity index (χ4n) is 3.63. The van der Waals surface area contributed by atoms with Crippen LogP contribution in [0.2, 0.25) is 0 Å². The van der Waals surface area contributed by atoms with E-state index >= 15 is 0 Å². The Bertz CT molecular complexity index is 676. The van der Waals surface area contributed by atoms with E-state index in [4.69, 9.17) is 0 Å². The van der Waals surface area contributed by atoms with Gasteiger partial charge in [0.2, 0.25) is 5.91 Å². The summed E-state index contributed by atoms with van der Waals surface area (Å²) in [5, 5.41) is -0.311. The molecule has 1 amide bonds. The lowest BCUT2D eigenvalue weighted by atomic mass is 10.0. The van der Waals surface area contributed by atoms with Gasteiger partial charge in [-0.05, 0) is 49.9 Å². The molecule has 3 rings (SSSR count). The van der Waals surface area contributed by atoms with Gasteiger partial charge in [0.25, 0.3) is 0 Å². The lowest BCUT2D eigenvalue weighted by Gasteiger charge is -2.38. The number of amides is 1. The molecule has 2 atom stereocenters. The van der Waals surface area contributed by atoms with E-state index in [1.54, 1.807) is 12.1 Å². The lowest BCUT2D eigenvalue weighted by Crippen LogP contribution is -2.50. The molecule has 0 aromatic heterocycles. The largest absolute Gasteiger partial charge is 0.336 e. The minimum Gasteiger partial charge on any atom is -0.336 e. The normalized spacial score (nSPS) is 27.2. The molecule has 7 heteroatoms. The number of fused-ring (bicyclic) bond motifs is 2. The molecular weight excluding hydrogens is 337 g/mol. The number of benzene rings is 1. The van der Waals surface area contributed by atoms with Crippen molar-refractivity contribution < 1.29 is 17.6 Å². The second kappa shape index (κ2) is 6.43. The van der Waals surface area contributed by atoms with Crippen LogP contribution < -0.4 is 0 Å². The first kappa shape index (κ1) is 16.8. The van der Waals surface area contributed by atoms with Gasteiger partial charge in [0.1, 0.15) is 15.7 Å². The van der Waals surface area contributed by atoms with E-state index in [0.717, 1.165) is 17.7 Å². The Morgan fingerprint density at radius 1 is 1.22 bits per heavy atom. The maximum absolute atomic E-state index is 12.9. The molecule has 2 unspecified atom stereocenters. The molecule has 0 spiro atoms. The molecule has 2 aliphatic heterocycles. The Labute approximate surface area is 140 Å². The molecule has 4 nitrogen and oxygen atoms in total. The van der Waals surface area contributed by atoms with Crippen LogP contribution in [0.1, 0.15) is 25.7 Å². The highest BCUT2D eigenvalue weighted by atomic mass is 32.2. The summed E-state index contributed by atoms with van der Waals surface area (Å²) in [7, 11) is -3.04. The van der Waals surface area contributed by atoms with E-state index < -0.39 is 9.84 Å². The number of sulfone groups is 1. The van der Waals surface area contributed by atoms with E-state index in [1.807, 2.05) is 4.90 Å². The molecule has 2 aliphatic rings. The third-order valence-electron chi connectivity index (χ3n) is 4.76. The number of hydrogen-bond acceptors (Lipinski definition) is 4. The van der Waals surface area contributed by atoms with Gasteiger partial charge < -0.3 is 4.90 Å². The van der Waals surface area contributed by atoms with Crippen molar-refractivity contribution in [1.82, 2.24) is 4.90 Å². The minimum absolute atomic E-state index is 0.0507. The second-order valence-corrected chi connectivity index (χ2v) is 9.73. The maximum atomic E-state index is 12.9. The van der Waals surface area contributed by atoms with Gasteiger partial charge in [0.05, 0.1) is 11.0 Å². The van der Waals surface area contributed by atoms with E-state index in [0.29, 0.717) is 18.6 Å². The number of carbonyl (C=O) groups is 1. The number of hydrogen-bond donors (Lipinski definition) is 0. The summed E-state index contributed by atoms with van der Waals surface area (Å²) < 4.78 is 36.5. The first-order chi connectivity index (χ1) is 10.8. The monoisotopic (exact) mass is 357 g/mol. The zero-order valence-electron chi connectivity index (χ0n) is 12.9. The van der Waals surface area contributed by atoms with Crippen LogP contribution in [-0.4, -0.2) is 48.6 Å². The Balaban J connectivity index is 1.62. The highest BCUT2D eigenvalue weighted by Crippen LogP contribution is 2.38. The number of halogens is 1. The van der Waals surface area contributed by atoms with Crippen molar-refractivity contribution in [3.05, 3.63) is 30.1 Å². The molecule has 0 aliphatic carbocycles. The average molecular weight is 357 g/mol. The van der Waals surface area contributed by atoms with Crippen molar-refractivity contribution in [1.29, 1.82) is 0 Å². The van der Waals surface area contributed by atoms with Crippen LogP contribution in [0.4, 0.5) is 4.39 Å². The molecule has 126 valence electrons. The molecular formula is C16H20FNO3S2. The van der Waals surface area contributed by atoms with Crippen molar-refractivity contribution in [3.8, 4) is 0 Å². The molecule has 1 aromatic rings. The molecule has 0 radical (unpaired) electrons. The summed E-state index contributed by atoms with van der Waals surface area (Å²) in [5.74, 6) is 0.0719. The quantitative estimate of drug-likeness (QED) is 0.777. The summed E-state index contributed by atoms with van der Waals surface area (Å²) in [6, 6.07) is 6.20. The maximum Gasteiger partial charge on any atom is 0.233 e. The second-order valence-electron chi connectivity index (χ2n) is 6.35. The topological polar surface area (TPSA) is 54.5 Å². The number of piperidine rings is 1. The standard InChI is InChI=1S/C16H20FNO3S2/c1-23(20,21)15-8-12-4-5-13(9-15)18(12)16(19)10-22-14-6-2-11(17)3-7-14/h2-3,6-7,12-13,15H,4-5,8-10H2,1H3. The molecule has 2 fully saturated rings. The first-order valence-corrected chi connectivity index (χ1v) is 10.7. The summed E-state index contributed by atoms with van der Waals surface area (Å²) in [5.41, 5.74) is 0. The van der Waals surface area contributed by atoms with Crippen LogP contribution in [0.5, 0.6) is 0 Å². The highest BCUT2D eigenvalue weighted by molar-refractivity contribution is 8.00. The third-order valence-corrected chi connectivity index (χ3v) is 7.35. The number of carbonyl (C=O) groups excluding carboxylic acids is 1. The zero-order chi connectivity index (χ0) is 16.6. The van der Waals surface area contributed by atoms with Crippen molar-refractivity contribution in [2.45, 2.75) is 47.9 Å². The van der Waals surface area contributed by atoms with Gasteiger partial charge in [0, 0.05) is 23.2 Å². The average Bonchev–Trinajstić information content (AvgIpc) is 2.75. The van der Waals surface area contributed by atoms with Crippen molar-refractivity contribution in [2.75, 3.05) is 12.0 Å². The molecule has 23 heavy (non-hydrogen) atoms. The van der Waals surface area contributed by atoms with Gasteiger partial charge in [-0.2, -0.15) is 0 Å². The zero-order valence-corrected chi connectivity index (χ0v) is 14.6. The fraction of sp³-hybridized carbons (Fsp3) is 0.562. The molecule has 1 aromatic carbocycles. The summed E-state index contributed by atoms with van der Waals surface area (Å²) in [4.78, 5) is 15.3. The van der Waals surface area contributed by atoms with Crippen LogP contribution in [0.15, 0.2) is 29.2 Å². The number of rotatable bonds is 4. The van der Waals surface area contributed by atoms with Crippen LogP contribution in [0.25, 0.3) is 0 Å². The predicted octanol–water partition coefficient (Wildman–Crippen LogP) is 2.48. The Morgan fingerprint density at radius 3 is 2.30 bits per heavy atom. The van der Waals surface area contributed by atoms with E-state index in [-0.39, 0.29) is 29.1 Å². The van der Waals surface area contributed by atoms with Crippen LogP contribution in [-0.2, 0) is 14.6 Å². The van der Waals surface area contributed by atoms with Gasteiger partial charge in [-0.15, -0.1) is 11.8 Å². The molecule has 2 saturated heterocycles. The van der Waals surface area contributed by atoms with Crippen LogP contribution >= 0.6 is 11.8 Å². The van der Waals surface area contributed by atoms with E-state index in [1.165, 1.54) is 30.2 Å². The number of thioether (sulfide) groups is 1. The van der Waals surface area contributed by atoms with Gasteiger partial charge in [-0.3, -0.25) is 4.79 Å². The predicted molar refractivity (Wildman–Crippen MR) is 88.6 cm³/mol. The number of nitrogens with zero attached hydrogens (tertiary/aromatic N) is 1. The van der Waals surface area contributed by atoms with Crippen molar-refractivity contribution >= 4 is 27.5 Å². The lowest BCUT2D eigenvalue weighted by molar-refractivity contribution is -0.132. The van der Waals surface area contributed by atoms with Gasteiger partial charge >= 0.3 is 0 Å². The third kappa shape index (κ3) is 3.71. The van der Waals surface area contributed by atoms with Gasteiger partial charge in [-0.1, -0.05) is 0 Å². The molecule has 0 N–H and O–H groups in total. The molecule has 2 heterocycles. The van der Waals surface area contributed by atoms with Crippen LogP contribution in [0, 0.1) is 5.82 Å². The van der Waals surface area contributed by atoms with Crippen LogP contribution in [0.3, 0.4) is 0 Å². The molecule has 0 saturated carbocycles. The fourth-order valence-corrected chi connectivity index (χ4v) is 5.55. The molecule has 2 bridgehead atoms. The summed E-state index contributed by atoms with van der Waals surface area (Å²) in [6.45, 7) is 0. The van der Waals surface area contributed by atoms with E-state index in [2.05, 4.69) is 0 Å². The Morgan fingerprint density at radius 2 is 1.78 bits per heavy atom. The van der Waals surface area contributed by atoms with Crippen molar-refractivity contribution in [2.24, 2.45) is 0 Å². The van der Waals surface area contributed by atoms with E-state index in [9.17, 15) is 17.6 Å². The summed E-state index contributed by atoms with van der Waals surface area (Å²) in [6.07, 6.45) is 4.19. The smallest absolute Gasteiger partial charge is 0.233 e. The Kier molecular flexibility index (Phi) is 4.69. The summed E-state index contributed by atoms with van der Waals surface area (Å²) >= 11 is 1.39. The van der Waals surface area contributed by atoms with Gasteiger partial charge in [-0.25, -0.2) is 12.8 Å². The Hall–Kier alpha value is -1.08. The van der Waals surface area contributed by atoms with Crippen molar-refractivity contribution in [3.63, 3.8) is 0 Å².